The van der Waals surface area contributed by atoms with Gasteiger partial charge in [0.1, 0.15) is 0 Å². The Labute approximate surface area is 816 Å². The van der Waals surface area contributed by atoms with Crippen LogP contribution in [-0.2, 0) is 86.6 Å². The van der Waals surface area contributed by atoms with Gasteiger partial charge in [0.2, 0.25) is 0 Å². The second-order valence-electron chi connectivity index (χ2n) is 56.8. The Kier molecular flexibility index (Phi) is 26.5. The average Bonchev–Trinajstić information content (AvgIpc) is 0.709. The molecule has 4 heteroatoms. The molecule has 12 rings (SSSR count). The smallest absolute Gasteiger partial charge is 0.0546 e. The van der Waals surface area contributed by atoms with E-state index in [0.29, 0.717) is 0 Å². The Balaban J connectivity index is 1.48. The van der Waals surface area contributed by atoms with Crippen LogP contribution in [0.5, 0.6) is 0 Å². The van der Waals surface area contributed by atoms with Crippen molar-refractivity contribution in [2.24, 2.45) is 0 Å². The van der Waals surface area contributed by atoms with E-state index in [1.165, 1.54) is 89.0 Å². The summed E-state index contributed by atoms with van der Waals surface area (Å²) in [5.41, 5.74) is 30.9. The lowest BCUT2D eigenvalue weighted by atomic mass is 9.79. The summed E-state index contributed by atoms with van der Waals surface area (Å²) in [5, 5.41) is 6.87. The molecule has 0 unspecified atom stereocenters. The summed E-state index contributed by atoms with van der Waals surface area (Å²) in [6, 6.07) is 81.3. The third kappa shape index (κ3) is 22.4. The van der Waals surface area contributed by atoms with Crippen LogP contribution in [-0.4, -0.2) is 0 Å². The van der Waals surface area contributed by atoms with Crippen LogP contribution in [0.3, 0.4) is 0 Å². The fourth-order valence-electron chi connectivity index (χ4n) is 18.2. The van der Waals surface area contributed by atoms with E-state index < -0.39 is 0 Å². The molecule has 716 valence electrons. The molecule has 0 heterocycles. The fraction of sp³-hybridized carbons (Fsp3) is 0.492. The van der Waals surface area contributed by atoms with Crippen molar-refractivity contribution >= 4 is 101 Å². The number of hydrogen-bond donors (Lipinski definition) is 0. The van der Waals surface area contributed by atoms with Crippen LogP contribution in [0.15, 0.2) is 194 Å². The van der Waals surface area contributed by atoms with E-state index in [0.717, 1.165) is 101 Å². The lowest BCUT2D eigenvalue weighted by Crippen LogP contribution is -2.22. The van der Waals surface area contributed by atoms with Gasteiger partial charge in [0, 0.05) is 67.6 Å². The normalized spacial score (nSPS) is 13.8. The Bertz CT molecular complexity index is 5480. The van der Waals surface area contributed by atoms with Crippen LogP contribution in [0.2, 0.25) is 0 Å². The monoisotopic (exact) mass is 1790 g/mol. The van der Waals surface area contributed by atoms with Gasteiger partial charge in [0.25, 0.3) is 0 Å². The number of benzene rings is 12. The molecule has 0 bridgehead atoms. The van der Waals surface area contributed by atoms with Crippen molar-refractivity contribution in [3.05, 3.63) is 283 Å². The highest BCUT2D eigenvalue weighted by Crippen LogP contribution is 2.56. The van der Waals surface area contributed by atoms with Crippen molar-refractivity contribution in [1.29, 1.82) is 0 Å². The standard InChI is InChI=1S/C130H176N4/c1-115(2,3)81-53-82(116(4,5)6)62-99(61-81)131(100-63-83(117(7,8)9)54-84(64-100)118(10,11)12)97-49-51-107-109(77-97)111-79-114(134(105-73-93(127(37,38)39)59-94(74-105)128(40,41)42)106-75-95(129(43,44)45)60-96(76-106)130(46,47)48)108-52-50-98(132(101-65-85(119(13,14)15)55-86(66-101)120(16,17)18)102-67-87(121(19,20)21)56-88(68-102)122(22,23)24)78-110(108)112(111)80-113(107)133(103-69-89(123(25,26)27)57-90(70-103)124(28,29)30)104-71-91(125(31,32)33)58-92(72-104)126(34,35)36/h49-80H,1-48H3. The summed E-state index contributed by atoms with van der Waals surface area (Å²) in [5.74, 6) is 0. The molecule has 0 aliphatic heterocycles. The molecule has 0 aromatic heterocycles. The third-order valence-corrected chi connectivity index (χ3v) is 28.3. The third-order valence-electron chi connectivity index (χ3n) is 28.3. The van der Waals surface area contributed by atoms with E-state index in [2.05, 4.69) is 546 Å². The maximum absolute atomic E-state index is 2.72. The molecular weight excluding hydrogens is 1620 g/mol. The zero-order valence-corrected chi connectivity index (χ0v) is 93.3. The zero-order chi connectivity index (χ0) is 101. The summed E-state index contributed by atoms with van der Waals surface area (Å²) < 4.78 is 0. The molecule has 0 spiro atoms. The van der Waals surface area contributed by atoms with Crippen LogP contribution in [0.25, 0.3) is 32.3 Å². The topological polar surface area (TPSA) is 13.0 Å². The predicted molar refractivity (Wildman–Crippen MR) is 597 cm³/mol. The van der Waals surface area contributed by atoms with E-state index in [9.17, 15) is 0 Å². The van der Waals surface area contributed by atoms with Gasteiger partial charge >= 0.3 is 0 Å². The van der Waals surface area contributed by atoms with E-state index in [1.807, 2.05) is 0 Å². The maximum atomic E-state index is 2.72. The summed E-state index contributed by atoms with van der Waals surface area (Å²) in [6.07, 6.45) is 0. The van der Waals surface area contributed by atoms with Crippen molar-refractivity contribution in [2.45, 2.75) is 419 Å². The van der Waals surface area contributed by atoms with Gasteiger partial charge in [-0.15, -0.1) is 0 Å². The van der Waals surface area contributed by atoms with Crippen LogP contribution in [0, 0.1) is 0 Å². The number of fused-ring (bicyclic) bond motifs is 5. The molecule has 0 saturated heterocycles. The minimum Gasteiger partial charge on any atom is -0.310 e. The van der Waals surface area contributed by atoms with Crippen LogP contribution >= 0.6 is 0 Å². The molecule has 0 aliphatic rings. The maximum Gasteiger partial charge on any atom is 0.0546 e. The number of rotatable bonds is 12. The van der Waals surface area contributed by atoms with E-state index in [4.69, 9.17) is 0 Å². The van der Waals surface area contributed by atoms with Gasteiger partial charge < -0.3 is 19.6 Å². The molecule has 134 heavy (non-hydrogen) atoms. The summed E-state index contributed by atoms with van der Waals surface area (Å²) >= 11 is 0. The van der Waals surface area contributed by atoms with Crippen LogP contribution < -0.4 is 19.6 Å². The predicted octanol–water partition coefficient (Wildman–Crippen LogP) is 39.8. The molecule has 4 nitrogen and oxygen atoms in total. The van der Waals surface area contributed by atoms with Crippen molar-refractivity contribution in [3.8, 4) is 0 Å². The summed E-state index contributed by atoms with van der Waals surface area (Å²) in [6.45, 7) is 115. The molecule has 12 aromatic rings. The second kappa shape index (κ2) is 34.3. The van der Waals surface area contributed by atoms with Crippen molar-refractivity contribution < 1.29 is 0 Å². The highest BCUT2D eigenvalue weighted by atomic mass is 15.2. The SMILES string of the molecule is CC(C)(C)c1cc(N(c2cc(C(C)(C)C)cc(C(C)(C)C)c2)c2ccc3c(N(c4cc(C(C)(C)C)cc(C(C)(C)C)c4)c4cc(C(C)(C)C)cc(C(C)(C)C)c4)cc4c5cc(N(c6cc(C(C)(C)C)cc(C(C)(C)C)c6)c6cc(C(C)(C)C)cc(C(C)(C)C)c6)ccc5c(N(c5cc(C(C)(C)C)cc(C(C)(C)C)c5)c5cc(C(C)(C)C)cc(C(C)(C)C)c5)cc4c3c2)cc(C(C)(C)C)c1. The van der Waals surface area contributed by atoms with Gasteiger partial charge in [0.15, 0.2) is 0 Å². The van der Waals surface area contributed by atoms with Gasteiger partial charge in [-0.05, 0) is 331 Å². The average molecular weight is 1790 g/mol. The minimum absolute atomic E-state index is 0.190. The molecular formula is C130H176N4. The fourth-order valence-corrected chi connectivity index (χ4v) is 18.2. The Morgan fingerprint density at radius 2 is 0.216 bits per heavy atom. The van der Waals surface area contributed by atoms with Gasteiger partial charge in [-0.25, -0.2) is 0 Å². The summed E-state index contributed by atoms with van der Waals surface area (Å²) in [7, 11) is 0. The number of hydrogen-bond acceptors (Lipinski definition) is 4. The molecule has 0 radical (unpaired) electrons. The first-order chi connectivity index (χ1) is 60.4. The Hall–Kier alpha value is -9.38. The summed E-state index contributed by atoms with van der Waals surface area (Å²) in [4.78, 5) is 10.8. The van der Waals surface area contributed by atoms with Crippen LogP contribution in [0.4, 0.5) is 68.2 Å². The molecule has 0 atom stereocenters. The van der Waals surface area contributed by atoms with E-state index in [-0.39, 0.29) is 86.6 Å². The van der Waals surface area contributed by atoms with Gasteiger partial charge in [-0.1, -0.05) is 393 Å². The van der Waals surface area contributed by atoms with Crippen molar-refractivity contribution in [3.63, 3.8) is 0 Å². The Morgan fingerprint density at radius 3 is 0.336 bits per heavy atom. The first-order valence-electron chi connectivity index (χ1n) is 50.4. The zero-order valence-electron chi connectivity index (χ0n) is 93.3. The van der Waals surface area contributed by atoms with E-state index in [1.54, 1.807) is 0 Å². The lowest BCUT2D eigenvalue weighted by Gasteiger charge is -2.36. The first kappa shape index (κ1) is 104. The Morgan fingerprint density at radius 1 is 0.104 bits per heavy atom. The molecule has 0 fully saturated rings. The highest BCUT2D eigenvalue weighted by Gasteiger charge is 2.37. The number of anilines is 12. The van der Waals surface area contributed by atoms with Crippen molar-refractivity contribution in [2.75, 3.05) is 19.6 Å². The van der Waals surface area contributed by atoms with Gasteiger partial charge in [0.05, 0.1) is 11.4 Å². The van der Waals surface area contributed by atoms with Crippen molar-refractivity contribution in [1.82, 2.24) is 0 Å². The lowest BCUT2D eigenvalue weighted by molar-refractivity contribution is 0.567. The van der Waals surface area contributed by atoms with Gasteiger partial charge in [-0.2, -0.15) is 0 Å². The van der Waals surface area contributed by atoms with Gasteiger partial charge in [-0.3, -0.25) is 0 Å². The molecule has 0 amide bonds. The minimum atomic E-state index is -0.218. The molecule has 0 N–H and O–H groups in total. The molecule has 0 saturated carbocycles. The number of nitrogens with zero attached hydrogens (tertiary/aromatic N) is 4. The first-order valence-corrected chi connectivity index (χ1v) is 50.4. The quantitative estimate of drug-likeness (QED) is 0.113. The second-order valence-corrected chi connectivity index (χ2v) is 56.8. The molecule has 0 aliphatic carbocycles. The largest absolute Gasteiger partial charge is 0.310 e. The van der Waals surface area contributed by atoms with E-state index >= 15 is 0 Å². The highest BCUT2D eigenvalue weighted by molar-refractivity contribution is 6.26. The van der Waals surface area contributed by atoms with Crippen LogP contribution in [0.1, 0.15) is 421 Å². The molecule has 12 aromatic carbocycles.